The predicted octanol–water partition coefficient (Wildman–Crippen LogP) is 2.66. The second-order valence-electron chi connectivity index (χ2n) is 6.10. The summed E-state index contributed by atoms with van der Waals surface area (Å²) < 4.78 is 0. The molecule has 1 aliphatic rings. The van der Waals surface area contributed by atoms with Gasteiger partial charge in [0.2, 0.25) is 0 Å². The minimum atomic E-state index is -0.755. The molecule has 1 aliphatic heterocycles. The highest BCUT2D eigenvalue weighted by Crippen LogP contribution is 2.35. The molecule has 1 aromatic carbocycles. The molecule has 5 heteroatoms. The summed E-state index contributed by atoms with van der Waals surface area (Å²) >= 11 is 0. The molecule has 2 heterocycles. The van der Waals surface area contributed by atoms with Crippen molar-refractivity contribution in [3.05, 3.63) is 30.0 Å². The first kappa shape index (κ1) is 14.6. The number of nitrogens with zero attached hydrogens (tertiary/aromatic N) is 3. The van der Waals surface area contributed by atoms with Gasteiger partial charge in [0.15, 0.2) is 0 Å². The maximum absolute atomic E-state index is 11.5. The SMILES string of the molecule is Cc1ccc2c(N(C)C)ncc(N3CCCC3C(=O)O)c2c1. The summed E-state index contributed by atoms with van der Waals surface area (Å²) in [6, 6.07) is 5.81. The van der Waals surface area contributed by atoms with Gasteiger partial charge >= 0.3 is 5.97 Å². The average Bonchev–Trinajstić information content (AvgIpc) is 2.95. The number of hydrogen-bond acceptors (Lipinski definition) is 4. The lowest BCUT2D eigenvalue weighted by Gasteiger charge is -2.26. The van der Waals surface area contributed by atoms with Crippen molar-refractivity contribution in [2.24, 2.45) is 0 Å². The van der Waals surface area contributed by atoms with E-state index < -0.39 is 12.0 Å². The third kappa shape index (κ3) is 2.36. The van der Waals surface area contributed by atoms with Gasteiger partial charge in [-0.05, 0) is 25.8 Å². The Labute approximate surface area is 130 Å². The summed E-state index contributed by atoms with van der Waals surface area (Å²) in [5, 5.41) is 11.6. The van der Waals surface area contributed by atoms with E-state index in [1.54, 1.807) is 0 Å². The number of hydrogen-bond donors (Lipinski definition) is 1. The van der Waals surface area contributed by atoms with Crippen LogP contribution >= 0.6 is 0 Å². The molecule has 1 aromatic heterocycles. The van der Waals surface area contributed by atoms with Crippen molar-refractivity contribution in [2.45, 2.75) is 25.8 Å². The summed E-state index contributed by atoms with van der Waals surface area (Å²) in [6.45, 7) is 2.82. The van der Waals surface area contributed by atoms with E-state index in [0.717, 1.165) is 40.8 Å². The molecular weight excluding hydrogens is 278 g/mol. The van der Waals surface area contributed by atoms with Gasteiger partial charge in [-0.1, -0.05) is 17.7 Å². The number of carboxylic acids is 1. The zero-order valence-electron chi connectivity index (χ0n) is 13.2. The Kier molecular flexibility index (Phi) is 3.64. The van der Waals surface area contributed by atoms with Gasteiger partial charge in [0, 0.05) is 31.4 Å². The van der Waals surface area contributed by atoms with E-state index in [4.69, 9.17) is 0 Å². The number of fused-ring (bicyclic) bond motifs is 1. The van der Waals surface area contributed by atoms with Crippen LogP contribution < -0.4 is 9.80 Å². The highest BCUT2D eigenvalue weighted by Gasteiger charge is 2.32. The third-order valence-corrected chi connectivity index (χ3v) is 4.27. The maximum Gasteiger partial charge on any atom is 0.326 e. The fourth-order valence-corrected chi connectivity index (χ4v) is 3.22. The van der Waals surface area contributed by atoms with Crippen molar-refractivity contribution in [1.29, 1.82) is 0 Å². The van der Waals surface area contributed by atoms with E-state index in [2.05, 4.69) is 30.1 Å². The van der Waals surface area contributed by atoms with Crippen LogP contribution in [0.25, 0.3) is 10.8 Å². The highest BCUT2D eigenvalue weighted by atomic mass is 16.4. The summed E-state index contributed by atoms with van der Waals surface area (Å²) in [6.07, 6.45) is 3.41. The molecule has 0 saturated carbocycles. The molecule has 5 nitrogen and oxygen atoms in total. The molecule has 1 atom stereocenters. The number of carbonyl (C=O) groups is 1. The van der Waals surface area contributed by atoms with Crippen LogP contribution in [0.1, 0.15) is 18.4 Å². The van der Waals surface area contributed by atoms with Gasteiger partial charge in [-0.25, -0.2) is 9.78 Å². The molecule has 22 heavy (non-hydrogen) atoms. The number of aryl methyl sites for hydroxylation is 1. The van der Waals surface area contributed by atoms with Gasteiger partial charge in [0.25, 0.3) is 0 Å². The molecule has 2 aromatic rings. The van der Waals surface area contributed by atoms with E-state index >= 15 is 0 Å². The van der Waals surface area contributed by atoms with Crippen LogP contribution in [0.3, 0.4) is 0 Å². The van der Waals surface area contributed by atoms with Crippen molar-refractivity contribution in [1.82, 2.24) is 4.98 Å². The number of aliphatic carboxylic acids is 1. The lowest BCUT2D eigenvalue weighted by Crippen LogP contribution is -2.36. The maximum atomic E-state index is 11.5. The Balaban J connectivity index is 2.20. The standard InChI is InChI=1S/C17H21N3O2/c1-11-6-7-12-13(9-11)15(10-18-16(12)19(2)3)20-8-4-5-14(20)17(21)22/h6-7,9-10,14H,4-5,8H2,1-3H3,(H,21,22). The predicted molar refractivity (Wildman–Crippen MR) is 88.8 cm³/mol. The van der Waals surface area contributed by atoms with Crippen LogP contribution in [-0.4, -0.2) is 42.7 Å². The van der Waals surface area contributed by atoms with Crippen LogP contribution in [0.2, 0.25) is 0 Å². The molecule has 0 spiro atoms. The number of benzene rings is 1. The molecule has 0 amide bonds. The first-order valence-electron chi connectivity index (χ1n) is 7.55. The zero-order valence-corrected chi connectivity index (χ0v) is 13.2. The summed E-state index contributed by atoms with van der Waals surface area (Å²) in [7, 11) is 3.94. The van der Waals surface area contributed by atoms with Gasteiger partial charge in [0.05, 0.1) is 11.9 Å². The first-order chi connectivity index (χ1) is 10.5. The largest absolute Gasteiger partial charge is 0.480 e. The van der Waals surface area contributed by atoms with Gasteiger partial charge in [-0.2, -0.15) is 0 Å². The number of anilines is 2. The van der Waals surface area contributed by atoms with Crippen molar-refractivity contribution in [3.8, 4) is 0 Å². The van der Waals surface area contributed by atoms with Crippen LogP contribution in [0.5, 0.6) is 0 Å². The minimum absolute atomic E-state index is 0.448. The van der Waals surface area contributed by atoms with Crippen molar-refractivity contribution < 1.29 is 9.90 Å². The second kappa shape index (κ2) is 5.48. The molecule has 0 radical (unpaired) electrons. The number of aromatic nitrogens is 1. The Morgan fingerprint density at radius 3 is 2.82 bits per heavy atom. The number of carboxylic acid groups (broad SMARTS) is 1. The topological polar surface area (TPSA) is 56.7 Å². The van der Waals surface area contributed by atoms with E-state index in [0.29, 0.717) is 6.42 Å². The molecule has 1 saturated heterocycles. The van der Waals surface area contributed by atoms with Crippen molar-refractivity contribution in [3.63, 3.8) is 0 Å². The molecule has 0 bridgehead atoms. The van der Waals surface area contributed by atoms with E-state index in [-0.39, 0.29) is 0 Å². The summed E-state index contributed by atoms with van der Waals surface area (Å²) in [5.74, 6) is 0.153. The smallest absolute Gasteiger partial charge is 0.326 e. The van der Waals surface area contributed by atoms with Gasteiger partial charge < -0.3 is 14.9 Å². The zero-order chi connectivity index (χ0) is 15.9. The molecule has 1 fully saturated rings. The quantitative estimate of drug-likeness (QED) is 0.944. The number of rotatable bonds is 3. The molecule has 116 valence electrons. The third-order valence-electron chi connectivity index (χ3n) is 4.27. The van der Waals surface area contributed by atoms with Crippen LogP contribution in [0.4, 0.5) is 11.5 Å². The van der Waals surface area contributed by atoms with Crippen molar-refractivity contribution in [2.75, 3.05) is 30.4 Å². The first-order valence-corrected chi connectivity index (χ1v) is 7.55. The Bertz CT molecular complexity index is 727. The molecule has 3 rings (SSSR count). The van der Waals surface area contributed by atoms with Gasteiger partial charge in [-0.3, -0.25) is 0 Å². The van der Waals surface area contributed by atoms with Crippen LogP contribution in [0, 0.1) is 6.92 Å². The van der Waals surface area contributed by atoms with E-state index in [9.17, 15) is 9.90 Å². The minimum Gasteiger partial charge on any atom is -0.480 e. The second-order valence-corrected chi connectivity index (χ2v) is 6.10. The van der Waals surface area contributed by atoms with Crippen LogP contribution in [0.15, 0.2) is 24.4 Å². The Morgan fingerprint density at radius 1 is 1.36 bits per heavy atom. The average molecular weight is 299 g/mol. The molecule has 0 aliphatic carbocycles. The Morgan fingerprint density at radius 2 is 2.14 bits per heavy atom. The fourth-order valence-electron chi connectivity index (χ4n) is 3.22. The molecular formula is C17H21N3O2. The monoisotopic (exact) mass is 299 g/mol. The Hall–Kier alpha value is -2.30. The summed E-state index contributed by atoms with van der Waals surface area (Å²) in [5.41, 5.74) is 2.09. The van der Waals surface area contributed by atoms with Gasteiger partial charge in [-0.15, -0.1) is 0 Å². The van der Waals surface area contributed by atoms with E-state index in [1.165, 1.54) is 0 Å². The molecule has 1 unspecified atom stereocenters. The van der Waals surface area contributed by atoms with Gasteiger partial charge in [0.1, 0.15) is 11.9 Å². The summed E-state index contributed by atoms with van der Waals surface area (Å²) in [4.78, 5) is 20.0. The van der Waals surface area contributed by atoms with E-state index in [1.807, 2.05) is 30.1 Å². The lowest BCUT2D eigenvalue weighted by atomic mass is 10.1. The lowest BCUT2D eigenvalue weighted by molar-refractivity contribution is -0.138. The fraction of sp³-hybridized carbons (Fsp3) is 0.412. The van der Waals surface area contributed by atoms with Crippen molar-refractivity contribution >= 4 is 28.2 Å². The normalized spacial score (nSPS) is 18.0. The number of pyridine rings is 1. The highest BCUT2D eigenvalue weighted by molar-refractivity contribution is 6.01. The molecule has 1 N–H and O–H groups in total. The van der Waals surface area contributed by atoms with Crippen LogP contribution in [-0.2, 0) is 4.79 Å².